The zero-order valence-corrected chi connectivity index (χ0v) is 23.1. The number of hydrogen-bond donors (Lipinski definition) is 3. The lowest BCUT2D eigenvalue weighted by molar-refractivity contribution is 0.102. The van der Waals surface area contributed by atoms with Gasteiger partial charge in [0.25, 0.3) is 16.0 Å². The highest BCUT2D eigenvalue weighted by molar-refractivity contribution is 7.86. The monoisotopic (exact) mass is 587 g/mol. The molecule has 4 aromatic rings. The van der Waals surface area contributed by atoms with Crippen molar-refractivity contribution in [3.05, 3.63) is 81.8 Å². The number of halogens is 2. The lowest BCUT2D eigenvalue weighted by Crippen LogP contribution is -2.12. The summed E-state index contributed by atoms with van der Waals surface area (Å²) in [6.45, 7) is 3.86. The molecule has 4 rings (SSSR count). The summed E-state index contributed by atoms with van der Waals surface area (Å²) in [7, 11) is -4.63. The fourth-order valence-electron chi connectivity index (χ4n) is 4.04. The number of phenolic OH excluding ortho intramolecular Hbond substituents is 1. The van der Waals surface area contributed by atoms with E-state index in [1.807, 2.05) is 6.92 Å². The number of amides is 1. The van der Waals surface area contributed by atoms with Gasteiger partial charge in [-0.05, 0) is 49.1 Å². The van der Waals surface area contributed by atoms with E-state index in [0.717, 1.165) is 0 Å². The molecule has 0 heterocycles. The van der Waals surface area contributed by atoms with Gasteiger partial charge in [0.2, 0.25) is 0 Å². The van der Waals surface area contributed by atoms with E-state index in [1.165, 1.54) is 18.2 Å². The van der Waals surface area contributed by atoms with Crippen LogP contribution in [0.2, 0.25) is 10.0 Å². The van der Waals surface area contributed by atoms with Crippen molar-refractivity contribution in [2.45, 2.75) is 25.2 Å². The van der Waals surface area contributed by atoms with Gasteiger partial charge in [0, 0.05) is 22.7 Å². The van der Waals surface area contributed by atoms with Gasteiger partial charge in [-0.3, -0.25) is 9.35 Å². The second kappa shape index (κ2) is 11.6. The maximum Gasteiger partial charge on any atom is 0.296 e. The molecule has 0 spiro atoms. The van der Waals surface area contributed by atoms with Crippen LogP contribution in [0.5, 0.6) is 11.5 Å². The molecule has 3 N–H and O–H groups in total. The Morgan fingerprint density at radius 3 is 2.41 bits per heavy atom. The topological polar surface area (TPSA) is 138 Å². The quantitative estimate of drug-likeness (QED) is 0.142. The van der Waals surface area contributed by atoms with Gasteiger partial charge in [0.15, 0.2) is 5.75 Å². The van der Waals surface area contributed by atoms with E-state index in [9.17, 15) is 22.9 Å². The molecule has 0 aliphatic heterocycles. The second-order valence-electron chi connectivity index (χ2n) is 8.28. The molecule has 1 amide bonds. The molecule has 0 aliphatic carbocycles. The average Bonchev–Trinajstić information content (AvgIpc) is 2.89. The zero-order chi connectivity index (χ0) is 28.3. The van der Waals surface area contributed by atoms with Crippen molar-refractivity contribution >= 4 is 67.1 Å². The van der Waals surface area contributed by atoms with E-state index in [2.05, 4.69) is 15.5 Å². The Morgan fingerprint density at radius 1 is 1.00 bits per heavy atom. The molecular weight excluding hydrogens is 565 g/mol. The van der Waals surface area contributed by atoms with E-state index >= 15 is 0 Å². The van der Waals surface area contributed by atoms with Crippen molar-refractivity contribution in [3.63, 3.8) is 0 Å². The van der Waals surface area contributed by atoms with Gasteiger partial charge in [-0.1, -0.05) is 54.4 Å². The van der Waals surface area contributed by atoms with Gasteiger partial charge in [0.1, 0.15) is 16.3 Å². The summed E-state index contributed by atoms with van der Waals surface area (Å²) < 4.78 is 39.0. The molecule has 12 heteroatoms. The third-order valence-corrected chi connectivity index (χ3v) is 7.51. The van der Waals surface area contributed by atoms with E-state index in [4.69, 9.17) is 27.9 Å². The van der Waals surface area contributed by atoms with Crippen LogP contribution in [0, 0.1) is 0 Å². The van der Waals surface area contributed by atoms with Gasteiger partial charge in [0.05, 0.1) is 27.9 Å². The van der Waals surface area contributed by atoms with Crippen LogP contribution in [0.4, 0.5) is 17.1 Å². The minimum atomic E-state index is -4.63. The number of nitrogens with zero attached hydrogens (tertiary/aromatic N) is 2. The number of nitrogens with one attached hydrogen (secondary N) is 1. The molecule has 0 radical (unpaired) electrons. The lowest BCUT2D eigenvalue weighted by atomic mass is 10.0. The molecule has 9 nitrogen and oxygen atoms in total. The van der Waals surface area contributed by atoms with Crippen molar-refractivity contribution in [1.29, 1.82) is 0 Å². The van der Waals surface area contributed by atoms with Crippen LogP contribution < -0.4 is 10.1 Å². The zero-order valence-electron chi connectivity index (χ0n) is 20.8. The molecule has 0 saturated carbocycles. The van der Waals surface area contributed by atoms with Crippen LogP contribution >= 0.6 is 23.2 Å². The van der Waals surface area contributed by atoms with Crippen LogP contribution in [0.15, 0.2) is 75.8 Å². The molecule has 0 atom stereocenters. The fraction of sp³-hybridized carbons (Fsp3) is 0.148. The number of anilines is 1. The molecular formula is C27H23Cl2N3O6S. The number of phenols is 1. The normalized spacial score (nSPS) is 11.7. The second-order valence-corrected chi connectivity index (χ2v) is 10.5. The number of hydrogen-bond acceptors (Lipinski definition) is 7. The minimum Gasteiger partial charge on any atom is -0.505 e. The Kier molecular flexibility index (Phi) is 8.41. The summed E-state index contributed by atoms with van der Waals surface area (Å²) in [4.78, 5) is 12.8. The summed E-state index contributed by atoms with van der Waals surface area (Å²) in [5, 5.41) is 23.6. The van der Waals surface area contributed by atoms with Gasteiger partial charge in [-0.25, -0.2) is 0 Å². The van der Waals surface area contributed by atoms with Crippen molar-refractivity contribution in [2.24, 2.45) is 10.2 Å². The Morgan fingerprint density at radius 2 is 1.72 bits per heavy atom. The van der Waals surface area contributed by atoms with Crippen LogP contribution in [0.1, 0.15) is 29.8 Å². The van der Waals surface area contributed by atoms with E-state index in [-0.39, 0.29) is 33.9 Å². The van der Waals surface area contributed by atoms with Crippen LogP contribution in [0.3, 0.4) is 0 Å². The molecule has 0 aliphatic rings. The van der Waals surface area contributed by atoms with Crippen molar-refractivity contribution in [2.75, 3.05) is 11.9 Å². The van der Waals surface area contributed by atoms with Gasteiger partial charge in [-0.15, -0.1) is 5.11 Å². The smallest absolute Gasteiger partial charge is 0.296 e. The number of aromatic hydroxyl groups is 1. The molecule has 202 valence electrons. The van der Waals surface area contributed by atoms with Crippen LogP contribution in [-0.4, -0.2) is 30.6 Å². The van der Waals surface area contributed by atoms with Crippen LogP contribution in [-0.2, 0) is 16.5 Å². The molecule has 0 saturated heterocycles. The number of carbonyl (C=O) groups is 1. The fourth-order valence-corrected chi connectivity index (χ4v) is 5.56. The highest BCUT2D eigenvalue weighted by Crippen LogP contribution is 2.41. The molecule has 39 heavy (non-hydrogen) atoms. The maximum absolute atomic E-state index is 13.2. The molecule has 0 fully saturated rings. The first kappa shape index (κ1) is 28.3. The lowest BCUT2D eigenvalue weighted by Gasteiger charge is -2.13. The first-order chi connectivity index (χ1) is 18.5. The molecule has 4 aromatic carbocycles. The summed E-state index contributed by atoms with van der Waals surface area (Å²) in [5.41, 5.74) is 0.600. The number of ether oxygens (including phenoxy) is 1. The van der Waals surface area contributed by atoms with E-state index in [0.29, 0.717) is 33.8 Å². The number of benzene rings is 4. The summed E-state index contributed by atoms with van der Waals surface area (Å²) >= 11 is 12.2. The minimum absolute atomic E-state index is 0.00484. The van der Waals surface area contributed by atoms with Crippen molar-refractivity contribution in [1.82, 2.24) is 0 Å². The third-order valence-electron chi connectivity index (χ3n) is 5.79. The highest BCUT2D eigenvalue weighted by Gasteiger charge is 2.23. The van der Waals surface area contributed by atoms with E-state index in [1.54, 1.807) is 49.4 Å². The Bertz CT molecular complexity index is 1720. The third kappa shape index (κ3) is 5.99. The van der Waals surface area contributed by atoms with Crippen molar-refractivity contribution < 1.29 is 27.6 Å². The van der Waals surface area contributed by atoms with Crippen molar-refractivity contribution in [3.8, 4) is 11.5 Å². The predicted molar refractivity (Wildman–Crippen MR) is 151 cm³/mol. The number of carbonyl (C=O) groups excluding carboxylic acids is 1. The summed E-state index contributed by atoms with van der Waals surface area (Å²) in [6.07, 6.45) is 0.171. The summed E-state index contributed by atoms with van der Waals surface area (Å²) in [6, 6.07) is 16.0. The summed E-state index contributed by atoms with van der Waals surface area (Å²) in [5.74, 6) is -0.655. The standard InChI is InChI=1S/C27H23Cl2N3O6S/c1-3-17-22(12-11-21(29)26(17)39(35,36)37)31-32-24-18-8-6-5-7-15(18)13-19(25(24)33)27(34)30-16-9-10-20(28)23(14-16)38-4-2/h5-14,33H,3-4H2,1-2H3,(H,30,34)(H,35,36,37). The molecule has 0 bridgehead atoms. The van der Waals surface area contributed by atoms with Gasteiger partial charge >= 0.3 is 0 Å². The Labute approximate surface area is 234 Å². The number of rotatable bonds is 8. The van der Waals surface area contributed by atoms with Gasteiger partial charge < -0.3 is 15.2 Å². The predicted octanol–water partition coefficient (Wildman–Crippen LogP) is 7.73. The van der Waals surface area contributed by atoms with E-state index < -0.39 is 26.7 Å². The maximum atomic E-state index is 13.2. The Hall–Kier alpha value is -3.70. The average molecular weight is 588 g/mol. The highest BCUT2D eigenvalue weighted by atomic mass is 35.5. The number of azo groups is 1. The number of fused-ring (bicyclic) bond motifs is 1. The van der Waals surface area contributed by atoms with Gasteiger partial charge in [-0.2, -0.15) is 13.5 Å². The van der Waals surface area contributed by atoms with Crippen LogP contribution in [0.25, 0.3) is 10.8 Å². The first-order valence-electron chi connectivity index (χ1n) is 11.7. The Balaban J connectivity index is 1.80. The first-order valence-corrected chi connectivity index (χ1v) is 13.9. The SMILES string of the molecule is CCOc1cc(NC(=O)c2cc3ccccc3c(N=Nc3ccc(Cl)c(S(=O)(=O)O)c3CC)c2O)ccc1Cl. The largest absolute Gasteiger partial charge is 0.505 e. The molecule has 0 unspecified atom stereocenters. The molecule has 0 aromatic heterocycles.